The Balaban J connectivity index is 3.72. The normalized spacial score (nSPS) is 8.83. The molecule has 0 fully saturated rings. The van der Waals surface area contributed by atoms with Gasteiger partial charge in [-0.05, 0) is 0 Å². The molecule has 0 spiro atoms. The average Bonchev–Trinajstić information content (AvgIpc) is 2.11. The second-order valence-corrected chi connectivity index (χ2v) is 1.91. The van der Waals surface area contributed by atoms with E-state index in [2.05, 4.69) is 16.1 Å². The van der Waals surface area contributed by atoms with Crippen LogP contribution in [0.3, 0.4) is 0 Å². The standard InChI is InChI=1S/C7H10O5/c1-5(3-8)7(10)12-4-6(9)11-2/h8H,1,3-4H2,2H3. The fourth-order valence-electron chi connectivity index (χ4n) is 0.350. The van der Waals surface area contributed by atoms with E-state index in [4.69, 9.17) is 5.11 Å². The van der Waals surface area contributed by atoms with Gasteiger partial charge in [0.2, 0.25) is 0 Å². The fourth-order valence-corrected chi connectivity index (χ4v) is 0.350. The minimum absolute atomic E-state index is 0.0982. The third-order valence-electron chi connectivity index (χ3n) is 1.03. The van der Waals surface area contributed by atoms with Gasteiger partial charge in [0.05, 0.1) is 19.3 Å². The zero-order valence-electron chi connectivity index (χ0n) is 6.70. The second-order valence-electron chi connectivity index (χ2n) is 1.91. The van der Waals surface area contributed by atoms with Gasteiger partial charge in [-0.25, -0.2) is 9.59 Å². The number of carbonyl (C=O) groups is 2. The summed E-state index contributed by atoms with van der Waals surface area (Å²) in [5.74, 6) is -1.46. The maximum Gasteiger partial charge on any atom is 0.344 e. The first-order chi connectivity index (χ1) is 5.61. The third kappa shape index (κ3) is 3.72. The van der Waals surface area contributed by atoms with E-state index in [0.717, 1.165) is 0 Å². The molecule has 0 aliphatic carbocycles. The quantitative estimate of drug-likeness (QED) is 0.448. The highest BCUT2D eigenvalue weighted by molar-refractivity contribution is 5.89. The summed E-state index contributed by atoms with van der Waals surface area (Å²) in [7, 11) is 1.18. The van der Waals surface area contributed by atoms with Crippen LogP contribution in [0.5, 0.6) is 0 Å². The molecule has 0 unspecified atom stereocenters. The summed E-state index contributed by atoms with van der Waals surface area (Å²) in [6, 6.07) is 0. The van der Waals surface area contributed by atoms with Crippen molar-refractivity contribution in [3.63, 3.8) is 0 Å². The van der Waals surface area contributed by atoms with Crippen LogP contribution < -0.4 is 0 Å². The Morgan fingerprint density at radius 2 is 2.08 bits per heavy atom. The molecule has 1 N–H and O–H groups in total. The van der Waals surface area contributed by atoms with Crippen molar-refractivity contribution >= 4 is 11.9 Å². The van der Waals surface area contributed by atoms with Crippen molar-refractivity contribution in [2.45, 2.75) is 0 Å². The lowest BCUT2D eigenvalue weighted by Gasteiger charge is -2.02. The first-order valence-corrected chi connectivity index (χ1v) is 3.14. The van der Waals surface area contributed by atoms with E-state index in [1.165, 1.54) is 7.11 Å². The highest BCUT2D eigenvalue weighted by Crippen LogP contribution is 1.92. The predicted molar refractivity (Wildman–Crippen MR) is 39.2 cm³/mol. The number of ether oxygens (including phenoxy) is 2. The summed E-state index contributed by atoms with van der Waals surface area (Å²) in [5.41, 5.74) is -0.0982. The van der Waals surface area contributed by atoms with Crippen LogP contribution in [0.1, 0.15) is 0 Å². The molecule has 68 valence electrons. The van der Waals surface area contributed by atoms with E-state index < -0.39 is 25.2 Å². The van der Waals surface area contributed by atoms with Gasteiger partial charge in [-0.15, -0.1) is 0 Å². The van der Waals surface area contributed by atoms with Gasteiger partial charge in [-0.3, -0.25) is 0 Å². The predicted octanol–water partition coefficient (Wildman–Crippen LogP) is -0.749. The van der Waals surface area contributed by atoms with Crippen molar-refractivity contribution in [1.29, 1.82) is 0 Å². The molecule has 0 saturated carbocycles. The molecule has 0 heterocycles. The monoisotopic (exact) mass is 174 g/mol. The van der Waals surface area contributed by atoms with Gasteiger partial charge in [-0.1, -0.05) is 6.58 Å². The van der Waals surface area contributed by atoms with E-state index in [1.807, 2.05) is 0 Å². The molecule has 0 aliphatic rings. The summed E-state index contributed by atoms with van der Waals surface area (Å²) < 4.78 is 8.58. The van der Waals surface area contributed by atoms with E-state index in [9.17, 15) is 9.59 Å². The largest absolute Gasteiger partial charge is 0.466 e. The SMILES string of the molecule is C=C(CO)C(=O)OCC(=O)OC. The zero-order valence-corrected chi connectivity index (χ0v) is 6.70. The summed E-state index contributed by atoms with van der Waals surface area (Å²) in [6.07, 6.45) is 0. The molecule has 0 aromatic carbocycles. The van der Waals surface area contributed by atoms with Crippen LogP contribution in [0.25, 0.3) is 0 Å². The number of esters is 2. The van der Waals surface area contributed by atoms with Gasteiger partial charge in [0.25, 0.3) is 0 Å². The topological polar surface area (TPSA) is 72.8 Å². The van der Waals surface area contributed by atoms with Crippen LogP contribution in [0, 0.1) is 0 Å². The van der Waals surface area contributed by atoms with Crippen LogP contribution >= 0.6 is 0 Å². The molecule has 0 bridgehead atoms. The molecule has 0 atom stereocenters. The molecule has 0 aromatic rings. The summed E-state index contributed by atoms with van der Waals surface area (Å²) >= 11 is 0. The molecule has 12 heavy (non-hydrogen) atoms. The van der Waals surface area contributed by atoms with Crippen LogP contribution in [-0.2, 0) is 19.1 Å². The van der Waals surface area contributed by atoms with Crippen LogP contribution in [0.4, 0.5) is 0 Å². The number of rotatable bonds is 4. The highest BCUT2D eigenvalue weighted by atomic mass is 16.6. The van der Waals surface area contributed by atoms with Crippen molar-refractivity contribution in [2.75, 3.05) is 20.3 Å². The molecule has 0 aliphatic heterocycles. The summed E-state index contributed by atoms with van der Waals surface area (Å²) in [6.45, 7) is 2.25. The number of aliphatic hydroxyl groups excluding tert-OH is 1. The third-order valence-corrected chi connectivity index (χ3v) is 1.03. The van der Waals surface area contributed by atoms with Gasteiger partial charge in [0, 0.05) is 0 Å². The minimum Gasteiger partial charge on any atom is -0.466 e. The van der Waals surface area contributed by atoms with Gasteiger partial charge >= 0.3 is 11.9 Å². The van der Waals surface area contributed by atoms with Crippen molar-refractivity contribution in [2.24, 2.45) is 0 Å². The Bertz CT molecular complexity index is 196. The Labute approximate surface area is 69.6 Å². The van der Waals surface area contributed by atoms with Crippen LogP contribution in [-0.4, -0.2) is 37.4 Å². The van der Waals surface area contributed by atoms with Crippen LogP contribution in [0.15, 0.2) is 12.2 Å². The first kappa shape index (κ1) is 10.6. The Morgan fingerprint density at radius 1 is 1.50 bits per heavy atom. The molecule has 0 aromatic heterocycles. The van der Waals surface area contributed by atoms with Crippen molar-refractivity contribution < 1.29 is 24.2 Å². The molecule has 0 amide bonds. The van der Waals surface area contributed by atoms with E-state index in [1.54, 1.807) is 0 Å². The van der Waals surface area contributed by atoms with E-state index in [0.29, 0.717) is 0 Å². The molecule has 0 radical (unpaired) electrons. The lowest BCUT2D eigenvalue weighted by molar-refractivity contribution is -0.154. The summed E-state index contributed by atoms with van der Waals surface area (Å²) in [5, 5.41) is 8.41. The van der Waals surface area contributed by atoms with Crippen molar-refractivity contribution in [3.05, 3.63) is 12.2 Å². The number of hydrogen-bond donors (Lipinski definition) is 1. The van der Waals surface area contributed by atoms with E-state index in [-0.39, 0.29) is 5.57 Å². The number of hydrogen-bond acceptors (Lipinski definition) is 5. The summed E-state index contributed by atoms with van der Waals surface area (Å²) in [4.78, 5) is 21.1. The molecule has 5 nitrogen and oxygen atoms in total. The van der Waals surface area contributed by atoms with Crippen LogP contribution in [0.2, 0.25) is 0 Å². The average molecular weight is 174 g/mol. The molecular weight excluding hydrogens is 164 g/mol. The molecule has 0 saturated heterocycles. The van der Waals surface area contributed by atoms with Gasteiger partial charge < -0.3 is 14.6 Å². The molecule has 0 rings (SSSR count). The van der Waals surface area contributed by atoms with Gasteiger partial charge in [0.1, 0.15) is 0 Å². The first-order valence-electron chi connectivity index (χ1n) is 3.14. The van der Waals surface area contributed by atoms with Crippen molar-refractivity contribution in [1.82, 2.24) is 0 Å². The lowest BCUT2D eigenvalue weighted by Crippen LogP contribution is -2.17. The number of carbonyl (C=O) groups excluding carboxylic acids is 2. The Morgan fingerprint density at radius 3 is 2.50 bits per heavy atom. The minimum atomic E-state index is -0.803. The van der Waals surface area contributed by atoms with Crippen molar-refractivity contribution in [3.8, 4) is 0 Å². The lowest BCUT2D eigenvalue weighted by atomic mass is 10.3. The number of aliphatic hydroxyl groups is 1. The molecular formula is C7H10O5. The Hall–Kier alpha value is -1.36. The second kappa shape index (κ2) is 5.31. The number of methoxy groups -OCH3 is 1. The zero-order chi connectivity index (χ0) is 9.56. The fraction of sp³-hybridized carbons (Fsp3) is 0.429. The highest BCUT2D eigenvalue weighted by Gasteiger charge is 2.09. The Kier molecular flexibility index (Phi) is 4.71. The molecule has 5 heteroatoms. The van der Waals surface area contributed by atoms with Gasteiger partial charge in [-0.2, -0.15) is 0 Å². The maximum absolute atomic E-state index is 10.7. The van der Waals surface area contributed by atoms with E-state index >= 15 is 0 Å². The smallest absolute Gasteiger partial charge is 0.344 e. The van der Waals surface area contributed by atoms with Gasteiger partial charge in [0.15, 0.2) is 6.61 Å². The maximum atomic E-state index is 10.7.